The van der Waals surface area contributed by atoms with Crippen LogP contribution in [0.15, 0.2) is 63.6 Å². The monoisotopic (exact) mass is 397 g/mol. The molecule has 28 heavy (non-hydrogen) atoms. The number of ether oxygens (including phenoxy) is 1. The standard InChI is InChI=1S/C19H16FN5O2S/c1-3-14-16(20)18(22-11-21-14)28-19-24-23-17(15-5-4-10-27-15)25(19)12-6-8-13(26-2)9-7-12/h4-11H,3H2,1-2H3. The SMILES string of the molecule is CCc1ncnc(Sc2nnc(-c3ccco3)n2-c2ccc(OC)cc2)c1F. The fourth-order valence-electron chi connectivity index (χ4n) is 2.66. The average molecular weight is 397 g/mol. The summed E-state index contributed by atoms with van der Waals surface area (Å²) in [6.45, 7) is 1.84. The average Bonchev–Trinajstić information content (AvgIpc) is 3.39. The maximum Gasteiger partial charge on any atom is 0.205 e. The fourth-order valence-corrected chi connectivity index (χ4v) is 3.50. The van der Waals surface area contributed by atoms with Gasteiger partial charge in [0.05, 0.1) is 24.8 Å². The lowest BCUT2D eigenvalue weighted by atomic mass is 10.3. The van der Waals surface area contributed by atoms with Crippen LogP contribution in [0.2, 0.25) is 0 Å². The van der Waals surface area contributed by atoms with Crippen molar-refractivity contribution in [1.82, 2.24) is 24.7 Å². The van der Waals surface area contributed by atoms with Gasteiger partial charge in [-0.05, 0) is 54.6 Å². The first-order chi connectivity index (χ1) is 13.7. The Kier molecular flexibility index (Phi) is 5.07. The van der Waals surface area contributed by atoms with Crippen LogP contribution in [0.1, 0.15) is 12.6 Å². The van der Waals surface area contributed by atoms with Crippen LogP contribution < -0.4 is 4.74 Å². The number of nitrogens with zero attached hydrogens (tertiary/aromatic N) is 5. The van der Waals surface area contributed by atoms with Crippen molar-refractivity contribution in [2.75, 3.05) is 7.11 Å². The van der Waals surface area contributed by atoms with E-state index in [0.29, 0.717) is 28.9 Å². The molecule has 0 bridgehead atoms. The van der Waals surface area contributed by atoms with Gasteiger partial charge in [0.2, 0.25) is 11.0 Å². The minimum Gasteiger partial charge on any atom is -0.497 e. The molecular formula is C19H16FN5O2S. The second-order valence-electron chi connectivity index (χ2n) is 5.71. The van der Waals surface area contributed by atoms with Crippen molar-refractivity contribution in [2.45, 2.75) is 23.5 Å². The van der Waals surface area contributed by atoms with Crippen LogP contribution in [0.3, 0.4) is 0 Å². The molecule has 3 heterocycles. The Morgan fingerprint density at radius 1 is 1.14 bits per heavy atom. The molecule has 0 fully saturated rings. The van der Waals surface area contributed by atoms with Crippen LogP contribution in [0.4, 0.5) is 4.39 Å². The van der Waals surface area contributed by atoms with Gasteiger partial charge in [-0.15, -0.1) is 10.2 Å². The first-order valence-corrected chi connectivity index (χ1v) is 9.33. The van der Waals surface area contributed by atoms with Gasteiger partial charge >= 0.3 is 0 Å². The molecule has 0 aliphatic carbocycles. The summed E-state index contributed by atoms with van der Waals surface area (Å²) in [5.41, 5.74) is 1.14. The van der Waals surface area contributed by atoms with Gasteiger partial charge < -0.3 is 9.15 Å². The van der Waals surface area contributed by atoms with Crippen molar-refractivity contribution in [1.29, 1.82) is 0 Å². The van der Waals surface area contributed by atoms with Gasteiger partial charge in [-0.25, -0.2) is 14.4 Å². The van der Waals surface area contributed by atoms with Crippen molar-refractivity contribution < 1.29 is 13.5 Å². The summed E-state index contributed by atoms with van der Waals surface area (Å²) < 4.78 is 27.1. The first kappa shape index (κ1) is 18.2. The molecule has 0 aliphatic heterocycles. The minimum absolute atomic E-state index is 0.194. The van der Waals surface area contributed by atoms with Crippen LogP contribution in [0.25, 0.3) is 17.3 Å². The predicted octanol–water partition coefficient (Wildman–Crippen LogP) is 4.18. The first-order valence-electron chi connectivity index (χ1n) is 8.52. The molecule has 0 saturated heterocycles. The molecule has 9 heteroatoms. The molecule has 0 N–H and O–H groups in total. The van der Waals surface area contributed by atoms with Crippen molar-refractivity contribution in [3.05, 3.63) is 60.5 Å². The third kappa shape index (κ3) is 3.36. The van der Waals surface area contributed by atoms with Crippen molar-refractivity contribution in [2.24, 2.45) is 0 Å². The van der Waals surface area contributed by atoms with E-state index in [-0.39, 0.29) is 5.03 Å². The highest BCUT2D eigenvalue weighted by Gasteiger charge is 2.21. The summed E-state index contributed by atoms with van der Waals surface area (Å²) in [7, 11) is 1.60. The number of aromatic nitrogens is 5. The highest BCUT2D eigenvalue weighted by Crippen LogP contribution is 2.33. The van der Waals surface area contributed by atoms with Crippen LogP contribution in [0.5, 0.6) is 5.75 Å². The summed E-state index contributed by atoms with van der Waals surface area (Å²) in [5, 5.41) is 9.14. The zero-order chi connectivity index (χ0) is 19.5. The van der Waals surface area contributed by atoms with E-state index in [1.807, 2.05) is 31.2 Å². The maximum atomic E-state index is 14.6. The summed E-state index contributed by atoms with van der Waals surface area (Å²) in [5.74, 6) is 1.33. The number of furan rings is 1. The maximum absolute atomic E-state index is 14.6. The minimum atomic E-state index is -0.446. The molecule has 4 rings (SSSR count). The summed E-state index contributed by atoms with van der Waals surface area (Å²) in [6, 6.07) is 11.0. The Hall–Kier alpha value is -3.20. The normalized spacial score (nSPS) is 11.0. The largest absolute Gasteiger partial charge is 0.497 e. The van der Waals surface area contributed by atoms with Crippen LogP contribution in [-0.4, -0.2) is 31.8 Å². The molecule has 1 aromatic carbocycles. The molecule has 3 aromatic heterocycles. The van der Waals surface area contributed by atoms with Crippen molar-refractivity contribution >= 4 is 11.8 Å². The second-order valence-corrected chi connectivity index (χ2v) is 6.67. The smallest absolute Gasteiger partial charge is 0.205 e. The zero-order valence-corrected chi connectivity index (χ0v) is 16.0. The van der Waals surface area contributed by atoms with Gasteiger partial charge in [0.25, 0.3) is 0 Å². The Labute approximate surface area is 164 Å². The molecule has 142 valence electrons. The van der Waals surface area contributed by atoms with Crippen LogP contribution in [-0.2, 0) is 6.42 Å². The van der Waals surface area contributed by atoms with Crippen molar-refractivity contribution in [3.8, 4) is 23.0 Å². The van der Waals surface area contributed by atoms with Gasteiger partial charge in [-0.1, -0.05) is 6.92 Å². The molecule has 0 radical (unpaired) electrons. The molecule has 0 aliphatic rings. The van der Waals surface area contributed by atoms with E-state index in [2.05, 4.69) is 20.2 Å². The molecule has 0 unspecified atom stereocenters. The highest BCUT2D eigenvalue weighted by atomic mass is 32.2. The molecule has 4 aromatic rings. The number of halogens is 1. The molecule has 7 nitrogen and oxygen atoms in total. The Morgan fingerprint density at radius 2 is 1.96 bits per heavy atom. The van der Waals surface area contributed by atoms with E-state index >= 15 is 0 Å². The van der Waals surface area contributed by atoms with E-state index in [0.717, 1.165) is 23.2 Å². The summed E-state index contributed by atoms with van der Waals surface area (Å²) >= 11 is 1.08. The fraction of sp³-hybridized carbons (Fsp3) is 0.158. The van der Waals surface area contributed by atoms with Gasteiger partial charge in [0.1, 0.15) is 17.1 Å². The number of aryl methyl sites for hydroxylation is 1. The van der Waals surface area contributed by atoms with Gasteiger partial charge in [-0.3, -0.25) is 4.57 Å². The lowest BCUT2D eigenvalue weighted by molar-refractivity contribution is 0.414. The number of hydrogen-bond acceptors (Lipinski definition) is 7. The zero-order valence-electron chi connectivity index (χ0n) is 15.2. The molecular weight excluding hydrogens is 381 g/mol. The highest BCUT2D eigenvalue weighted by molar-refractivity contribution is 7.99. The Morgan fingerprint density at radius 3 is 2.64 bits per heavy atom. The van der Waals surface area contributed by atoms with E-state index < -0.39 is 5.82 Å². The third-order valence-electron chi connectivity index (χ3n) is 4.06. The molecule has 0 saturated carbocycles. The summed E-state index contributed by atoms with van der Waals surface area (Å²) in [6.07, 6.45) is 3.39. The lowest BCUT2D eigenvalue weighted by Crippen LogP contribution is -2.01. The van der Waals surface area contributed by atoms with E-state index in [4.69, 9.17) is 9.15 Å². The molecule has 0 amide bonds. The quantitative estimate of drug-likeness (QED) is 0.452. The Bertz CT molecular complexity index is 1080. The number of methoxy groups -OCH3 is 1. The van der Waals surface area contributed by atoms with E-state index in [9.17, 15) is 4.39 Å². The van der Waals surface area contributed by atoms with Crippen LogP contribution >= 0.6 is 11.8 Å². The number of hydrogen-bond donors (Lipinski definition) is 0. The number of rotatable bonds is 6. The van der Waals surface area contributed by atoms with Gasteiger partial charge in [0.15, 0.2) is 11.6 Å². The van der Waals surface area contributed by atoms with Gasteiger partial charge in [0, 0.05) is 0 Å². The second kappa shape index (κ2) is 7.81. The lowest BCUT2D eigenvalue weighted by Gasteiger charge is -2.10. The Balaban J connectivity index is 1.81. The number of benzene rings is 1. The predicted molar refractivity (Wildman–Crippen MR) is 101 cm³/mol. The van der Waals surface area contributed by atoms with Crippen LogP contribution in [0, 0.1) is 5.82 Å². The van der Waals surface area contributed by atoms with E-state index in [1.165, 1.54) is 6.33 Å². The summed E-state index contributed by atoms with van der Waals surface area (Å²) in [4.78, 5) is 8.04. The van der Waals surface area contributed by atoms with Crippen molar-refractivity contribution in [3.63, 3.8) is 0 Å². The molecule has 0 spiro atoms. The van der Waals surface area contributed by atoms with Gasteiger partial charge in [-0.2, -0.15) is 0 Å². The third-order valence-corrected chi connectivity index (χ3v) is 4.98. The topological polar surface area (TPSA) is 78.9 Å². The molecule has 0 atom stereocenters. The van der Waals surface area contributed by atoms with E-state index in [1.54, 1.807) is 30.1 Å².